The number of hydrogen-bond acceptors (Lipinski definition) is 2. The Balaban J connectivity index is 2.01. The molecule has 0 saturated carbocycles. The van der Waals surface area contributed by atoms with Gasteiger partial charge in [-0.1, -0.05) is 46.3 Å². The van der Waals surface area contributed by atoms with Gasteiger partial charge in [0.15, 0.2) is 0 Å². The number of aryl methyl sites for hydroxylation is 1. The second-order valence-corrected chi connectivity index (χ2v) is 5.56. The summed E-state index contributed by atoms with van der Waals surface area (Å²) in [6, 6.07) is 15.5. The fourth-order valence-corrected chi connectivity index (χ4v) is 2.41. The highest BCUT2D eigenvalue weighted by atomic mass is 79.9. The minimum atomic E-state index is 0.0582. The summed E-state index contributed by atoms with van der Waals surface area (Å²) in [6.45, 7) is 0. The largest absolute Gasteiger partial charge is 0.397 e. The van der Waals surface area contributed by atoms with Gasteiger partial charge in [0.1, 0.15) is 0 Å². The molecule has 0 heterocycles. The molecular formula is C16H17BrN2O. The number of benzene rings is 2. The molecule has 0 bridgehead atoms. The van der Waals surface area contributed by atoms with Gasteiger partial charge >= 0.3 is 0 Å². The Morgan fingerprint density at radius 1 is 1.20 bits per heavy atom. The van der Waals surface area contributed by atoms with E-state index in [0.29, 0.717) is 12.1 Å². The van der Waals surface area contributed by atoms with Crippen LogP contribution in [0.1, 0.15) is 12.0 Å². The lowest BCUT2D eigenvalue weighted by molar-refractivity contribution is -0.118. The molecule has 0 aliphatic rings. The van der Waals surface area contributed by atoms with Crippen LogP contribution >= 0.6 is 15.9 Å². The van der Waals surface area contributed by atoms with Crippen LogP contribution in [0.15, 0.2) is 53.0 Å². The molecule has 3 nitrogen and oxygen atoms in total. The number of halogens is 1. The van der Waals surface area contributed by atoms with Crippen molar-refractivity contribution in [2.75, 3.05) is 17.7 Å². The van der Waals surface area contributed by atoms with E-state index in [9.17, 15) is 4.79 Å². The van der Waals surface area contributed by atoms with Gasteiger partial charge in [-0.25, -0.2) is 0 Å². The first-order valence-corrected chi connectivity index (χ1v) is 7.23. The Morgan fingerprint density at radius 3 is 2.55 bits per heavy atom. The molecule has 0 saturated heterocycles. The highest BCUT2D eigenvalue weighted by Gasteiger charge is 2.13. The van der Waals surface area contributed by atoms with Crippen molar-refractivity contribution < 1.29 is 4.79 Å². The van der Waals surface area contributed by atoms with Crippen LogP contribution in [0, 0.1) is 0 Å². The van der Waals surface area contributed by atoms with Crippen molar-refractivity contribution in [3.05, 3.63) is 58.6 Å². The van der Waals surface area contributed by atoms with E-state index in [-0.39, 0.29) is 5.91 Å². The number of rotatable bonds is 4. The van der Waals surface area contributed by atoms with Crippen LogP contribution < -0.4 is 10.6 Å². The molecule has 2 aromatic carbocycles. The van der Waals surface area contributed by atoms with Gasteiger partial charge < -0.3 is 10.6 Å². The topological polar surface area (TPSA) is 46.3 Å². The van der Waals surface area contributed by atoms with Crippen molar-refractivity contribution in [2.24, 2.45) is 0 Å². The fraction of sp³-hybridized carbons (Fsp3) is 0.188. The lowest BCUT2D eigenvalue weighted by Gasteiger charge is -2.19. The Kier molecular flexibility index (Phi) is 4.79. The van der Waals surface area contributed by atoms with Crippen LogP contribution in [0.4, 0.5) is 11.4 Å². The number of nitrogen functional groups attached to an aromatic ring is 1. The summed E-state index contributed by atoms with van der Waals surface area (Å²) in [4.78, 5) is 13.8. The molecule has 0 atom stereocenters. The molecule has 2 rings (SSSR count). The molecule has 2 aromatic rings. The lowest BCUT2D eigenvalue weighted by Crippen LogP contribution is -2.27. The van der Waals surface area contributed by atoms with E-state index in [2.05, 4.69) is 15.9 Å². The van der Waals surface area contributed by atoms with Crippen LogP contribution in [0.5, 0.6) is 0 Å². The van der Waals surface area contributed by atoms with Gasteiger partial charge in [-0.15, -0.1) is 0 Å². The van der Waals surface area contributed by atoms with Gasteiger partial charge in [0.2, 0.25) is 5.91 Å². The van der Waals surface area contributed by atoms with E-state index in [1.54, 1.807) is 18.0 Å². The normalized spacial score (nSPS) is 10.3. The first kappa shape index (κ1) is 14.6. The quantitative estimate of drug-likeness (QED) is 0.869. The number of amides is 1. The molecule has 1 amide bonds. The molecule has 2 N–H and O–H groups in total. The monoisotopic (exact) mass is 332 g/mol. The zero-order chi connectivity index (χ0) is 14.5. The highest BCUT2D eigenvalue weighted by Crippen LogP contribution is 2.26. The standard InChI is InChI=1S/C16H17BrN2O/c1-19(15-9-8-13(17)11-14(15)18)16(20)10-7-12-5-3-2-4-6-12/h2-6,8-9,11H,7,10,18H2,1H3. The number of carbonyl (C=O) groups is 1. The Hall–Kier alpha value is -1.81. The average molecular weight is 333 g/mol. The highest BCUT2D eigenvalue weighted by molar-refractivity contribution is 9.10. The van der Waals surface area contributed by atoms with Crippen LogP contribution in [-0.2, 0) is 11.2 Å². The zero-order valence-electron chi connectivity index (χ0n) is 11.3. The van der Waals surface area contributed by atoms with E-state index in [0.717, 1.165) is 22.1 Å². The number of nitrogens with zero attached hydrogens (tertiary/aromatic N) is 1. The summed E-state index contributed by atoms with van der Waals surface area (Å²) in [5.41, 5.74) is 8.44. The van der Waals surface area contributed by atoms with Gasteiger partial charge in [0, 0.05) is 17.9 Å². The smallest absolute Gasteiger partial charge is 0.227 e. The van der Waals surface area contributed by atoms with Crippen molar-refractivity contribution >= 4 is 33.2 Å². The Labute approximate surface area is 127 Å². The molecular weight excluding hydrogens is 316 g/mol. The van der Waals surface area contributed by atoms with Crippen LogP contribution in [-0.4, -0.2) is 13.0 Å². The van der Waals surface area contributed by atoms with Gasteiger partial charge in [0.25, 0.3) is 0 Å². The van der Waals surface area contributed by atoms with Gasteiger partial charge in [-0.05, 0) is 30.2 Å². The lowest BCUT2D eigenvalue weighted by atomic mass is 10.1. The zero-order valence-corrected chi connectivity index (χ0v) is 12.9. The third-order valence-electron chi connectivity index (χ3n) is 3.20. The summed E-state index contributed by atoms with van der Waals surface area (Å²) in [5.74, 6) is 0.0582. The fourth-order valence-electron chi connectivity index (χ4n) is 2.03. The molecule has 0 fully saturated rings. The van der Waals surface area contributed by atoms with E-state index >= 15 is 0 Å². The minimum absolute atomic E-state index is 0.0582. The maximum Gasteiger partial charge on any atom is 0.227 e. The van der Waals surface area contributed by atoms with Crippen molar-refractivity contribution in [2.45, 2.75) is 12.8 Å². The molecule has 104 valence electrons. The summed E-state index contributed by atoms with van der Waals surface area (Å²) in [6.07, 6.45) is 1.20. The molecule has 0 aliphatic carbocycles. The number of hydrogen-bond donors (Lipinski definition) is 1. The number of nitrogens with two attached hydrogens (primary N) is 1. The van der Waals surface area contributed by atoms with Crippen molar-refractivity contribution in [1.82, 2.24) is 0 Å². The van der Waals surface area contributed by atoms with Crippen molar-refractivity contribution in [3.63, 3.8) is 0 Å². The number of anilines is 2. The summed E-state index contributed by atoms with van der Waals surface area (Å²) in [7, 11) is 1.76. The Bertz CT molecular complexity index is 599. The first-order valence-electron chi connectivity index (χ1n) is 6.43. The Morgan fingerprint density at radius 2 is 1.90 bits per heavy atom. The van der Waals surface area contributed by atoms with E-state index < -0.39 is 0 Å². The predicted octanol–water partition coefficient (Wildman–Crippen LogP) is 3.63. The summed E-state index contributed by atoms with van der Waals surface area (Å²) >= 11 is 3.36. The molecule has 0 aromatic heterocycles. The average Bonchev–Trinajstić information content (AvgIpc) is 2.45. The molecule has 0 spiro atoms. The SMILES string of the molecule is CN(C(=O)CCc1ccccc1)c1ccc(Br)cc1N. The van der Waals surface area contributed by atoms with Crippen LogP contribution in [0.2, 0.25) is 0 Å². The third-order valence-corrected chi connectivity index (χ3v) is 3.69. The molecule has 0 unspecified atom stereocenters. The second kappa shape index (κ2) is 6.57. The van der Waals surface area contributed by atoms with Crippen molar-refractivity contribution in [1.29, 1.82) is 0 Å². The third kappa shape index (κ3) is 3.61. The molecule has 20 heavy (non-hydrogen) atoms. The molecule has 0 radical (unpaired) electrons. The van der Waals surface area contributed by atoms with E-state index in [1.807, 2.05) is 42.5 Å². The maximum atomic E-state index is 12.2. The summed E-state index contributed by atoms with van der Waals surface area (Å²) in [5, 5.41) is 0. The predicted molar refractivity (Wildman–Crippen MR) is 86.7 cm³/mol. The van der Waals surface area contributed by atoms with Crippen LogP contribution in [0.25, 0.3) is 0 Å². The maximum absolute atomic E-state index is 12.2. The summed E-state index contributed by atoms with van der Waals surface area (Å²) < 4.78 is 0.906. The number of carbonyl (C=O) groups excluding carboxylic acids is 1. The van der Waals surface area contributed by atoms with Crippen molar-refractivity contribution in [3.8, 4) is 0 Å². The molecule has 4 heteroatoms. The first-order chi connectivity index (χ1) is 9.58. The van der Waals surface area contributed by atoms with Gasteiger partial charge in [0.05, 0.1) is 11.4 Å². The van der Waals surface area contributed by atoms with Crippen LogP contribution in [0.3, 0.4) is 0 Å². The molecule has 0 aliphatic heterocycles. The second-order valence-electron chi connectivity index (χ2n) is 4.64. The van der Waals surface area contributed by atoms with E-state index in [4.69, 9.17) is 5.73 Å². The van der Waals surface area contributed by atoms with E-state index in [1.165, 1.54) is 0 Å². The minimum Gasteiger partial charge on any atom is -0.397 e. The van der Waals surface area contributed by atoms with Gasteiger partial charge in [-0.3, -0.25) is 4.79 Å². The van der Waals surface area contributed by atoms with Gasteiger partial charge in [-0.2, -0.15) is 0 Å².